The molecule has 0 spiro atoms. The molecule has 0 radical (unpaired) electrons. The second-order valence-electron chi connectivity index (χ2n) is 5.52. The van der Waals surface area contributed by atoms with Crippen molar-refractivity contribution in [1.82, 2.24) is 5.32 Å². The van der Waals surface area contributed by atoms with E-state index in [9.17, 15) is 10.1 Å². The predicted molar refractivity (Wildman–Crippen MR) is 73.9 cm³/mol. The summed E-state index contributed by atoms with van der Waals surface area (Å²) in [7, 11) is 0. The van der Waals surface area contributed by atoms with E-state index < -0.39 is 4.92 Å². The largest absolute Gasteiger partial charge is 0.313 e. The molecule has 5 heteroatoms. The molecule has 18 heavy (non-hydrogen) atoms. The highest BCUT2D eigenvalue weighted by molar-refractivity contribution is 6.31. The van der Waals surface area contributed by atoms with E-state index in [0.29, 0.717) is 17.0 Å². The topological polar surface area (TPSA) is 55.2 Å². The molecule has 100 valence electrons. The molecule has 0 unspecified atom stereocenters. The van der Waals surface area contributed by atoms with E-state index in [1.807, 2.05) is 0 Å². The first-order valence-electron chi connectivity index (χ1n) is 5.93. The monoisotopic (exact) mass is 270 g/mol. The van der Waals surface area contributed by atoms with Gasteiger partial charge in [-0.2, -0.15) is 0 Å². The number of halogens is 1. The maximum Gasteiger partial charge on any atom is 0.270 e. The number of benzene rings is 1. The number of non-ortho nitro benzene ring substituents is 1. The molecule has 0 aliphatic rings. The number of nitrogens with zero attached hydrogens (tertiary/aromatic N) is 1. The van der Waals surface area contributed by atoms with Crippen molar-refractivity contribution in [2.24, 2.45) is 5.41 Å². The van der Waals surface area contributed by atoms with Gasteiger partial charge in [-0.25, -0.2) is 0 Å². The normalized spacial score (nSPS) is 11.6. The molecule has 1 aromatic rings. The zero-order valence-electron chi connectivity index (χ0n) is 11.0. The zero-order valence-corrected chi connectivity index (χ0v) is 11.8. The number of nitrogens with one attached hydrogen (secondary N) is 1. The van der Waals surface area contributed by atoms with Crippen LogP contribution in [-0.4, -0.2) is 11.5 Å². The van der Waals surface area contributed by atoms with Crippen LogP contribution < -0.4 is 5.32 Å². The molecule has 0 aliphatic heterocycles. The molecule has 4 nitrogen and oxygen atoms in total. The Labute approximate surface area is 112 Å². The van der Waals surface area contributed by atoms with Gasteiger partial charge in [0.1, 0.15) is 0 Å². The Hall–Kier alpha value is -1.13. The fourth-order valence-corrected chi connectivity index (χ4v) is 1.72. The Morgan fingerprint density at radius 2 is 2.06 bits per heavy atom. The van der Waals surface area contributed by atoms with Crippen molar-refractivity contribution in [3.05, 3.63) is 38.9 Å². The van der Waals surface area contributed by atoms with Crippen molar-refractivity contribution in [2.45, 2.75) is 33.7 Å². The van der Waals surface area contributed by atoms with E-state index in [-0.39, 0.29) is 5.69 Å². The third-order valence-electron chi connectivity index (χ3n) is 2.61. The van der Waals surface area contributed by atoms with Gasteiger partial charge in [0.05, 0.1) is 9.95 Å². The number of nitro groups is 1. The van der Waals surface area contributed by atoms with Crippen LogP contribution in [0.5, 0.6) is 0 Å². The first kappa shape index (κ1) is 14.9. The molecule has 0 aromatic heterocycles. The summed E-state index contributed by atoms with van der Waals surface area (Å²) in [4.78, 5) is 10.1. The number of nitro benzene ring substituents is 1. The van der Waals surface area contributed by atoms with E-state index in [1.54, 1.807) is 6.07 Å². The molecule has 1 aromatic carbocycles. The molecule has 0 atom stereocenters. The maximum absolute atomic E-state index is 10.6. The van der Waals surface area contributed by atoms with Crippen LogP contribution in [0.1, 0.15) is 32.8 Å². The van der Waals surface area contributed by atoms with Crippen molar-refractivity contribution >= 4 is 17.3 Å². The van der Waals surface area contributed by atoms with Crippen molar-refractivity contribution in [3.8, 4) is 0 Å². The fourth-order valence-electron chi connectivity index (χ4n) is 1.48. The second-order valence-corrected chi connectivity index (χ2v) is 5.93. The van der Waals surface area contributed by atoms with E-state index in [2.05, 4.69) is 26.1 Å². The van der Waals surface area contributed by atoms with E-state index in [1.165, 1.54) is 12.1 Å². The third-order valence-corrected chi connectivity index (χ3v) is 2.97. The zero-order chi connectivity index (χ0) is 13.8. The maximum atomic E-state index is 10.6. The van der Waals surface area contributed by atoms with Crippen molar-refractivity contribution < 1.29 is 4.92 Å². The lowest BCUT2D eigenvalue weighted by Gasteiger charge is -2.18. The second kappa shape index (κ2) is 6.16. The molecule has 1 rings (SSSR count). The van der Waals surface area contributed by atoms with Gasteiger partial charge in [-0.1, -0.05) is 32.4 Å². The standard InChI is InChI=1S/C13H19ClN2O2/c1-13(2,3)6-7-15-9-10-4-5-11(16(17)18)8-12(10)14/h4-5,8,15H,6-7,9H2,1-3H3. The average molecular weight is 271 g/mol. The van der Waals surface area contributed by atoms with Gasteiger partial charge < -0.3 is 5.32 Å². The Bertz CT molecular complexity index is 427. The summed E-state index contributed by atoms with van der Waals surface area (Å²) in [5.41, 5.74) is 1.21. The molecule has 0 heterocycles. The first-order chi connectivity index (χ1) is 8.29. The summed E-state index contributed by atoms with van der Waals surface area (Å²) in [6.45, 7) is 8.10. The Balaban J connectivity index is 2.51. The van der Waals surface area contributed by atoms with Gasteiger partial charge in [-0.3, -0.25) is 10.1 Å². The van der Waals surface area contributed by atoms with Crippen LogP contribution >= 0.6 is 11.6 Å². The van der Waals surface area contributed by atoms with E-state index in [0.717, 1.165) is 18.5 Å². The number of rotatable bonds is 5. The Morgan fingerprint density at radius 1 is 1.39 bits per heavy atom. The summed E-state index contributed by atoms with van der Waals surface area (Å²) < 4.78 is 0. The Kier molecular flexibility index (Phi) is 5.11. The summed E-state index contributed by atoms with van der Waals surface area (Å²) in [5.74, 6) is 0. The molecule has 0 fully saturated rings. The van der Waals surface area contributed by atoms with Crippen molar-refractivity contribution in [1.29, 1.82) is 0 Å². The van der Waals surface area contributed by atoms with Crippen LogP contribution in [0, 0.1) is 15.5 Å². The average Bonchev–Trinajstić information content (AvgIpc) is 2.24. The minimum Gasteiger partial charge on any atom is -0.313 e. The van der Waals surface area contributed by atoms with Crippen LogP contribution in [0.3, 0.4) is 0 Å². The van der Waals surface area contributed by atoms with E-state index in [4.69, 9.17) is 11.6 Å². The quantitative estimate of drug-likeness (QED) is 0.503. The SMILES string of the molecule is CC(C)(C)CCNCc1ccc([N+](=O)[O-])cc1Cl. The highest BCUT2D eigenvalue weighted by atomic mass is 35.5. The van der Waals surface area contributed by atoms with Gasteiger partial charge in [0.15, 0.2) is 0 Å². The lowest BCUT2D eigenvalue weighted by molar-refractivity contribution is -0.384. The minimum absolute atomic E-state index is 0.0263. The highest BCUT2D eigenvalue weighted by Gasteiger charge is 2.11. The van der Waals surface area contributed by atoms with Gasteiger partial charge in [-0.15, -0.1) is 0 Å². The molecule has 0 saturated heterocycles. The summed E-state index contributed by atoms with van der Waals surface area (Å²) >= 11 is 6.00. The molecule has 0 saturated carbocycles. The van der Waals surface area contributed by atoms with Crippen LogP contribution in [0.25, 0.3) is 0 Å². The van der Waals surface area contributed by atoms with Gasteiger partial charge in [0, 0.05) is 18.7 Å². The van der Waals surface area contributed by atoms with Crippen LogP contribution in [0.4, 0.5) is 5.69 Å². The Morgan fingerprint density at radius 3 is 2.56 bits per heavy atom. The van der Waals surface area contributed by atoms with E-state index >= 15 is 0 Å². The molecule has 0 amide bonds. The smallest absolute Gasteiger partial charge is 0.270 e. The lowest BCUT2D eigenvalue weighted by Crippen LogP contribution is -2.20. The summed E-state index contributed by atoms with van der Waals surface area (Å²) in [5, 5.41) is 14.3. The fraction of sp³-hybridized carbons (Fsp3) is 0.538. The van der Waals surface area contributed by atoms with Gasteiger partial charge in [0.2, 0.25) is 0 Å². The number of hydrogen-bond donors (Lipinski definition) is 1. The number of hydrogen-bond acceptors (Lipinski definition) is 3. The first-order valence-corrected chi connectivity index (χ1v) is 6.31. The molecule has 0 aliphatic carbocycles. The molecular formula is C13H19ClN2O2. The van der Waals surface area contributed by atoms with Gasteiger partial charge >= 0.3 is 0 Å². The van der Waals surface area contributed by atoms with Gasteiger partial charge in [0.25, 0.3) is 5.69 Å². The van der Waals surface area contributed by atoms with Crippen LogP contribution in [0.2, 0.25) is 5.02 Å². The van der Waals surface area contributed by atoms with Crippen molar-refractivity contribution in [2.75, 3.05) is 6.54 Å². The van der Waals surface area contributed by atoms with Crippen LogP contribution in [-0.2, 0) is 6.54 Å². The summed E-state index contributed by atoms with van der Waals surface area (Å²) in [6.07, 6.45) is 1.07. The molecule has 0 bridgehead atoms. The van der Waals surface area contributed by atoms with Gasteiger partial charge in [-0.05, 0) is 30.0 Å². The van der Waals surface area contributed by atoms with Crippen LogP contribution in [0.15, 0.2) is 18.2 Å². The lowest BCUT2D eigenvalue weighted by atomic mass is 9.92. The highest BCUT2D eigenvalue weighted by Crippen LogP contribution is 2.22. The molecular weight excluding hydrogens is 252 g/mol. The molecule has 1 N–H and O–H groups in total. The predicted octanol–water partition coefficient (Wildman–Crippen LogP) is 3.77. The minimum atomic E-state index is -0.442. The third kappa shape index (κ3) is 5.02. The summed E-state index contributed by atoms with van der Waals surface area (Å²) in [6, 6.07) is 4.57. The van der Waals surface area contributed by atoms with Crippen molar-refractivity contribution in [3.63, 3.8) is 0 Å².